The molecule has 0 aliphatic heterocycles. The van der Waals surface area contributed by atoms with Gasteiger partial charge in [-0.25, -0.2) is 9.97 Å². The first-order valence-corrected chi connectivity index (χ1v) is 5.26. The molecular formula is C8H6ClN5S. The minimum Gasteiger partial charge on any atom is -0.356 e. The van der Waals surface area contributed by atoms with Crippen molar-refractivity contribution < 1.29 is 0 Å². The lowest BCUT2D eigenvalue weighted by atomic mass is 10.5. The largest absolute Gasteiger partial charge is 0.356 e. The second-order valence-corrected chi connectivity index (χ2v) is 4.04. The van der Waals surface area contributed by atoms with Crippen molar-refractivity contribution >= 4 is 28.1 Å². The Balaban J connectivity index is 2.03. The third-order valence-electron chi connectivity index (χ3n) is 1.67. The Morgan fingerprint density at radius 2 is 2.53 bits per heavy atom. The highest BCUT2D eigenvalue weighted by molar-refractivity contribution is 7.16. The highest BCUT2D eigenvalue weighted by Gasteiger charge is 2.07. The molecule has 76 valence electrons. The maximum atomic E-state index is 8.68. The van der Waals surface area contributed by atoms with Crippen LogP contribution in [0, 0.1) is 11.3 Å². The number of hydrogen-bond donors (Lipinski definition) is 2. The van der Waals surface area contributed by atoms with E-state index in [4.69, 9.17) is 16.9 Å². The van der Waals surface area contributed by atoms with Crippen LogP contribution in [0.15, 0.2) is 12.5 Å². The van der Waals surface area contributed by atoms with Crippen molar-refractivity contribution in [1.82, 2.24) is 15.0 Å². The van der Waals surface area contributed by atoms with Gasteiger partial charge in [0.15, 0.2) is 10.3 Å². The molecule has 0 fully saturated rings. The summed E-state index contributed by atoms with van der Waals surface area (Å²) in [6, 6.07) is 1.97. The smallest absolute Gasteiger partial charge is 0.185 e. The van der Waals surface area contributed by atoms with Gasteiger partial charge in [0.1, 0.15) is 10.9 Å². The molecule has 2 aromatic rings. The molecule has 0 aromatic carbocycles. The van der Waals surface area contributed by atoms with Gasteiger partial charge in [0.25, 0.3) is 0 Å². The molecule has 0 aliphatic carbocycles. The summed E-state index contributed by atoms with van der Waals surface area (Å²) in [5, 5.41) is 12.6. The molecular weight excluding hydrogens is 234 g/mol. The fourth-order valence-corrected chi connectivity index (χ4v) is 1.94. The van der Waals surface area contributed by atoms with Crippen LogP contribution in [0.3, 0.4) is 0 Å². The monoisotopic (exact) mass is 239 g/mol. The second kappa shape index (κ2) is 4.29. The molecule has 0 spiro atoms. The number of aromatic nitrogens is 3. The van der Waals surface area contributed by atoms with Gasteiger partial charge >= 0.3 is 0 Å². The van der Waals surface area contributed by atoms with E-state index < -0.39 is 0 Å². The average molecular weight is 240 g/mol. The number of rotatable bonds is 3. The minimum atomic E-state index is 0.245. The number of imidazole rings is 1. The summed E-state index contributed by atoms with van der Waals surface area (Å²) in [5.41, 5.74) is 0.944. The Bertz CT molecular complexity index is 484. The van der Waals surface area contributed by atoms with Gasteiger partial charge in [-0.3, -0.25) is 0 Å². The van der Waals surface area contributed by atoms with Crippen LogP contribution < -0.4 is 5.32 Å². The summed E-state index contributed by atoms with van der Waals surface area (Å²) in [6.07, 6.45) is 3.32. The first kappa shape index (κ1) is 9.96. The van der Waals surface area contributed by atoms with Gasteiger partial charge < -0.3 is 10.3 Å². The molecule has 2 N–H and O–H groups in total. The van der Waals surface area contributed by atoms with Crippen LogP contribution in [0.2, 0.25) is 5.15 Å². The Labute approximate surface area is 94.8 Å². The number of hydrogen-bond acceptors (Lipinski definition) is 5. The van der Waals surface area contributed by atoms with Crippen molar-refractivity contribution in [3.8, 4) is 6.07 Å². The summed E-state index contributed by atoms with van der Waals surface area (Å²) in [5.74, 6) is 0. The van der Waals surface area contributed by atoms with E-state index in [0.717, 1.165) is 5.69 Å². The molecule has 2 aromatic heterocycles. The van der Waals surface area contributed by atoms with Crippen molar-refractivity contribution in [1.29, 1.82) is 5.26 Å². The fraction of sp³-hybridized carbons (Fsp3) is 0.125. The predicted octanol–water partition coefficient (Wildman–Crippen LogP) is 2.00. The molecule has 0 saturated heterocycles. The normalized spacial score (nSPS) is 9.87. The predicted molar refractivity (Wildman–Crippen MR) is 57.8 cm³/mol. The highest BCUT2D eigenvalue weighted by atomic mass is 35.5. The van der Waals surface area contributed by atoms with Gasteiger partial charge in [0.05, 0.1) is 18.6 Å². The molecule has 2 rings (SSSR count). The first-order chi connectivity index (χ1) is 7.29. The standard InChI is InChI=1S/C8H6ClN5S/c9-7-6(1-10)15-8(14-7)12-3-5-2-11-4-13-5/h2,4H,3H2,(H,11,13)(H,12,14). The number of nitrogens with zero attached hydrogens (tertiary/aromatic N) is 3. The summed E-state index contributed by atoms with van der Waals surface area (Å²) >= 11 is 6.95. The van der Waals surface area contributed by atoms with Crippen LogP contribution >= 0.6 is 22.9 Å². The average Bonchev–Trinajstić information content (AvgIpc) is 2.83. The number of anilines is 1. The van der Waals surface area contributed by atoms with E-state index in [-0.39, 0.29) is 5.15 Å². The number of nitrogens with one attached hydrogen (secondary N) is 2. The van der Waals surface area contributed by atoms with E-state index >= 15 is 0 Å². The zero-order valence-corrected chi connectivity index (χ0v) is 9.06. The molecule has 0 bridgehead atoms. The molecule has 15 heavy (non-hydrogen) atoms. The van der Waals surface area contributed by atoms with Gasteiger partial charge in [-0.2, -0.15) is 5.26 Å². The van der Waals surface area contributed by atoms with Crippen molar-refractivity contribution in [3.05, 3.63) is 28.2 Å². The van der Waals surface area contributed by atoms with Gasteiger partial charge in [-0.1, -0.05) is 22.9 Å². The third kappa shape index (κ3) is 2.26. The summed E-state index contributed by atoms with van der Waals surface area (Å²) in [4.78, 5) is 11.2. The second-order valence-electron chi connectivity index (χ2n) is 2.68. The van der Waals surface area contributed by atoms with E-state index in [1.807, 2.05) is 6.07 Å². The lowest BCUT2D eigenvalue weighted by Crippen LogP contribution is -1.98. The van der Waals surface area contributed by atoms with Gasteiger partial charge in [0, 0.05) is 6.20 Å². The van der Waals surface area contributed by atoms with E-state index in [1.54, 1.807) is 12.5 Å². The van der Waals surface area contributed by atoms with E-state index in [0.29, 0.717) is 16.6 Å². The van der Waals surface area contributed by atoms with E-state index in [2.05, 4.69) is 20.3 Å². The van der Waals surface area contributed by atoms with Crippen molar-refractivity contribution in [2.45, 2.75) is 6.54 Å². The number of halogens is 1. The molecule has 0 radical (unpaired) electrons. The van der Waals surface area contributed by atoms with Crippen LogP contribution in [-0.4, -0.2) is 15.0 Å². The van der Waals surface area contributed by atoms with Crippen molar-refractivity contribution in [3.63, 3.8) is 0 Å². The van der Waals surface area contributed by atoms with Crippen LogP contribution in [-0.2, 0) is 6.54 Å². The molecule has 2 heterocycles. The van der Waals surface area contributed by atoms with Crippen molar-refractivity contribution in [2.75, 3.05) is 5.32 Å². The number of nitriles is 1. The topological polar surface area (TPSA) is 77.4 Å². The Hall–Kier alpha value is -1.58. The Kier molecular flexibility index (Phi) is 2.85. The lowest BCUT2D eigenvalue weighted by Gasteiger charge is -1.97. The SMILES string of the molecule is N#Cc1sc(NCc2cnc[nH]2)nc1Cl. The van der Waals surface area contributed by atoms with Crippen LogP contribution in [0.4, 0.5) is 5.13 Å². The molecule has 7 heteroatoms. The molecule has 0 unspecified atom stereocenters. The summed E-state index contributed by atoms with van der Waals surface area (Å²) in [6.45, 7) is 0.578. The number of thiazole rings is 1. The molecule has 0 aliphatic rings. The van der Waals surface area contributed by atoms with Crippen LogP contribution in [0.1, 0.15) is 10.6 Å². The van der Waals surface area contributed by atoms with Gasteiger partial charge in [-0.15, -0.1) is 0 Å². The first-order valence-electron chi connectivity index (χ1n) is 4.07. The number of H-pyrrole nitrogens is 1. The van der Waals surface area contributed by atoms with Crippen LogP contribution in [0.5, 0.6) is 0 Å². The summed E-state index contributed by atoms with van der Waals surface area (Å²) in [7, 11) is 0. The highest BCUT2D eigenvalue weighted by Crippen LogP contribution is 2.25. The summed E-state index contributed by atoms with van der Waals surface area (Å²) < 4.78 is 0. The molecule has 0 atom stereocenters. The molecule has 0 amide bonds. The zero-order valence-electron chi connectivity index (χ0n) is 7.49. The van der Waals surface area contributed by atoms with E-state index in [9.17, 15) is 0 Å². The van der Waals surface area contributed by atoms with E-state index in [1.165, 1.54) is 11.3 Å². The zero-order chi connectivity index (χ0) is 10.7. The quantitative estimate of drug-likeness (QED) is 0.859. The fourth-order valence-electron chi connectivity index (χ4n) is 0.998. The molecule has 0 saturated carbocycles. The van der Waals surface area contributed by atoms with Crippen LogP contribution in [0.25, 0.3) is 0 Å². The Morgan fingerprint density at radius 1 is 1.67 bits per heavy atom. The maximum Gasteiger partial charge on any atom is 0.185 e. The van der Waals surface area contributed by atoms with Crippen molar-refractivity contribution in [2.24, 2.45) is 0 Å². The minimum absolute atomic E-state index is 0.245. The number of aromatic amines is 1. The third-order valence-corrected chi connectivity index (χ3v) is 2.98. The van der Waals surface area contributed by atoms with Gasteiger partial charge in [0.2, 0.25) is 0 Å². The maximum absolute atomic E-state index is 8.68. The lowest BCUT2D eigenvalue weighted by molar-refractivity contribution is 1.07. The van der Waals surface area contributed by atoms with Gasteiger partial charge in [-0.05, 0) is 0 Å². The molecule has 5 nitrogen and oxygen atoms in total. The Morgan fingerprint density at radius 3 is 3.13 bits per heavy atom.